The Bertz CT molecular complexity index is 266. The second-order valence-corrected chi connectivity index (χ2v) is 3.95. The second kappa shape index (κ2) is 6.46. The van der Waals surface area contributed by atoms with Crippen LogP contribution in [0, 0.1) is 0 Å². The molecule has 0 heterocycles. The minimum absolute atomic E-state index is 0.313. The summed E-state index contributed by atoms with van der Waals surface area (Å²) < 4.78 is 5.38. The van der Waals surface area contributed by atoms with Gasteiger partial charge in [-0.1, -0.05) is 12.1 Å². The van der Waals surface area contributed by atoms with Crippen LogP contribution in [0.25, 0.3) is 0 Å². The standard InChI is InChI=1S/C13H21NO/c1-3-15-13-9-7-12(8-10-13)6-4-5-11(2)14/h7-11H,3-6,14H2,1-2H3. The van der Waals surface area contributed by atoms with Gasteiger partial charge in [0.15, 0.2) is 0 Å². The van der Waals surface area contributed by atoms with Crippen LogP contribution in [0.1, 0.15) is 32.3 Å². The number of hydrogen-bond acceptors (Lipinski definition) is 2. The van der Waals surface area contributed by atoms with E-state index in [4.69, 9.17) is 10.5 Å². The van der Waals surface area contributed by atoms with E-state index in [1.807, 2.05) is 19.1 Å². The maximum Gasteiger partial charge on any atom is 0.119 e. The average molecular weight is 207 g/mol. The highest BCUT2D eigenvalue weighted by molar-refractivity contribution is 5.27. The van der Waals surface area contributed by atoms with Gasteiger partial charge >= 0.3 is 0 Å². The maximum atomic E-state index is 5.70. The smallest absolute Gasteiger partial charge is 0.119 e. The minimum atomic E-state index is 0.313. The first-order chi connectivity index (χ1) is 7.22. The van der Waals surface area contributed by atoms with Crippen molar-refractivity contribution in [2.45, 2.75) is 39.2 Å². The van der Waals surface area contributed by atoms with E-state index in [1.54, 1.807) is 0 Å². The zero-order valence-corrected chi connectivity index (χ0v) is 9.70. The topological polar surface area (TPSA) is 35.2 Å². The van der Waals surface area contributed by atoms with Crippen molar-refractivity contribution in [1.82, 2.24) is 0 Å². The first-order valence-corrected chi connectivity index (χ1v) is 5.69. The van der Waals surface area contributed by atoms with E-state index in [9.17, 15) is 0 Å². The first-order valence-electron chi connectivity index (χ1n) is 5.69. The number of ether oxygens (including phenoxy) is 1. The highest BCUT2D eigenvalue weighted by Crippen LogP contribution is 2.13. The number of nitrogens with two attached hydrogens (primary N) is 1. The molecule has 1 aromatic carbocycles. The summed E-state index contributed by atoms with van der Waals surface area (Å²) in [6, 6.07) is 8.64. The molecule has 2 nitrogen and oxygen atoms in total. The molecule has 0 aliphatic heterocycles. The molecule has 0 bridgehead atoms. The van der Waals surface area contributed by atoms with Gasteiger partial charge in [-0.25, -0.2) is 0 Å². The molecule has 0 aromatic heterocycles. The molecule has 1 aromatic rings. The van der Waals surface area contributed by atoms with Gasteiger partial charge in [0.1, 0.15) is 5.75 Å². The molecule has 0 aliphatic rings. The van der Waals surface area contributed by atoms with Crippen molar-refractivity contribution < 1.29 is 4.74 Å². The molecule has 0 fully saturated rings. The van der Waals surface area contributed by atoms with Crippen LogP contribution in [0.15, 0.2) is 24.3 Å². The zero-order chi connectivity index (χ0) is 11.1. The largest absolute Gasteiger partial charge is 0.494 e. The normalized spacial score (nSPS) is 12.5. The lowest BCUT2D eigenvalue weighted by molar-refractivity contribution is 0.340. The Hall–Kier alpha value is -1.02. The van der Waals surface area contributed by atoms with Gasteiger partial charge in [0, 0.05) is 6.04 Å². The third-order valence-electron chi connectivity index (χ3n) is 2.36. The minimum Gasteiger partial charge on any atom is -0.494 e. The third kappa shape index (κ3) is 4.84. The summed E-state index contributed by atoms with van der Waals surface area (Å²) >= 11 is 0. The van der Waals surface area contributed by atoms with E-state index >= 15 is 0 Å². The molecule has 1 rings (SSSR count). The summed E-state index contributed by atoms with van der Waals surface area (Å²) in [6.07, 6.45) is 3.35. The zero-order valence-electron chi connectivity index (χ0n) is 9.70. The molecule has 0 amide bonds. The number of hydrogen-bond donors (Lipinski definition) is 1. The van der Waals surface area contributed by atoms with E-state index in [0.717, 1.165) is 31.6 Å². The van der Waals surface area contributed by atoms with Gasteiger partial charge in [-0.3, -0.25) is 0 Å². The van der Waals surface area contributed by atoms with Crippen molar-refractivity contribution in [3.8, 4) is 5.75 Å². The fraction of sp³-hybridized carbons (Fsp3) is 0.538. The Kier molecular flexibility index (Phi) is 5.19. The van der Waals surface area contributed by atoms with Crippen LogP contribution < -0.4 is 10.5 Å². The van der Waals surface area contributed by atoms with Gasteiger partial charge < -0.3 is 10.5 Å². The van der Waals surface area contributed by atoms with E-state index in [2.05, 4.69) is 19.1 Å². The molecule has 84 valence electrons. The van der Waals surface area contributed by atoms with Crippen molar-refractivity contribution in [3.63, 3.8) is 0 Å². The van der Waals surface area contributed by atoms with Gasteiger partial charge in [-0.15, -0.1) is 0 Å². The molecule has 0 saturated carbocycles. The Morgan fingerprint density at radius 1 is 1.27 bits per heavy atom. The van der Waals surface area contributed by atoms with Gasteiger partial charge in [0.05, 0.1) is 6.61 Å². The summed E-state index contributed by atoms with van der Waals surface area (Å²) in [6.45, 7) is 4.78. The highest BCUT2D eigenvalue weighted by Gasteiger charge is 1.97. The van der Waals surface area contributed by atoms with Gasteiger partial charge in [0.25, 0.3) is 0 Å². The van der Waals surface area contributed by atoms with E-state index in [1.165, 1.54) is 5.56 Å². The molecular weight excluding hydrogens is 186 g/mol. The van der Waals surface area contributed by atoms with Gasteiger partial charge in [0.2, 0.25) is 0 Å². The van der Waals surface area contributed by atoms with E-state index in [-0.39, 0.29) is 0 Å². The Balaban J connectivity index is 2.36. The molecule has 2 heteroatoms. The van der Waals surface area contributed by atoms with Crippen LogP contribution in [0.2, 0.25) is 0 Å². The molecule has 15 heavy (non-hydrogen) atoms. The summed E-state index contributed by atoms with van der Waals surface area (Å²) in [4.78, 5) is 0. The molecule has 0 saturated heterocycles. The predicted octanol–water partition coefficient (Wildman–Crippen LogP) is 2.76. The van der Waals surface area contributed by atoms with Crippen molar-refractivity contribution in [1.29, 1.82) is 0 Å². The van der Waals surface area contributed by atoms with Gasteiger partial charge in [-0.2, -0.15) is 0 Å². The fourth-order valence-corrected chi connectivity index (χ4v) is 1.55. The predicted molar refractivity (Wildman–Crippen MR) is 64.2 cm³/mol. The summed E-state index contributed by atoms with van der Waals surface area (Å²) in [7, 11) is 0. The number of benzene rings is 1. The SMILES string of the molecule is CCOc1ccc(CCCC(C)N)cc1. The van der Waals surface area contributed by atoms with E-state index in [0.29, 0.717) is 6.04 Å². The van der Waals surface area contributed by atoms with Crippen molar-refractivity contribution in [2.24, 2.45) is 5.73 Å². The Morgan fingerprint density at radius 2 is 1.93 bits per heavy atom. The summed E-state index contributed by atoms with van der Waals surface area (Å²) in [5.41, 5.74) is 7.06. The van der Waals surface area contributed by atoms with Crippen molar-refractivity contribution in [2.75, 3.05) is 6.61 Å². The third-order valence-corrected chi connectivity index (χ3v) is 2.36. The first kappa shape index (κ1) is 12.1. The van der Waals surface area contributed by atoms with Crippen LogP contribution in [0.5, 0.6) is 5.75 Å². The maximum absolute atomic E-state index is 5.70. The summed E-state index contributed by atoms with van der Waals surface area (Å²) in [5, 5.41) is 0. The van der Waals surface area contributed by atoms with Gasteiger partial charge in [-0.05, 0) is 50.8 Å². The lowest BCUT2D eigenvalue weighted by atomic mass is 10.1. The monoisotopic (exact) mass is 207 g/mol. The number of rotatable bonds is 6. The van der Waals surface area contributed by atoms with Crippen LogP contribution in [0.4, 0.5) is 0 Å². The molecule has 0 radical (unpaired) electrons. The molecule has 2 N–H and O–H groups in total. The molecule has 1 unspecified atom stereocenters. The van der Waals surface area contributed by atoms with Crippen molar-refractivity contribution >= 4 is 0 Å². The Morgan fingerprint density at radius 3 is 2.47 bits per heavy atom. The van der Waals surface area contributed by atoms with Crippen LogP contribution in [-0.4, -0.2) is 12.6 Å². The Labute approximate surface area is 92.4 Å². The molecule has 0 spiro atoms. The van der Waals surface area contributed by atoms with E-state index < -0.39 is 0 Å². The lowest BCUT2D eigenvalue weighted by Gasteiger charge is -2.06. The second-order valence-electron chi connectivity index (χ2n) is 3.95. The molecule has 0 aliphatic carbocycles. The summed E-state index contributed by atoms with van der Waals surface area (Å²) in [5.74, 6) is 0.952. The van der Waals surface area contributed by atoms with Crippen LogP contribution in [0.3, 0.4) is 0 Å². The number of aryl methyl sites for hydroxylation is 1. The fourth-order valence-electron chi connectivity index (χ4n) is 1.55. The average Bonchev–Trinajstić information content (AvgIpc) is 2.20. The lowest BCUT2D eigenvalue weighted by Crippen LogP contribution is -2.14. The van der Waals surface area contributed by atoms with Crippen LogP contribution >= 0.6 is 0 Å². The molecule has 1 atom stereocenters. The van der Waals surface area contributed by atoms with Crippen molar-refractivity contribution in [3.05, 3.63) is 29.8 Å². The molecular formula is C13H21NO. The highest BCUT2D eigenvalue weighted by atomic mass is 16.5. The van der Waals surface area contributed by atoms with Crippen LogP contribution in [-0.2, 0) is 6.42 Å². The quantitative estimate of drug-likeness (QED) is 0.778.